The number of hydrogen-bond acceptors (Lipinski definition) is 2. The maximum atomic E-state index is 12.8. The first-order valence-electron chi connectivity index (χ1n) is 4.42. The van der Waals surface area contributed by atoms with Gasteiger partial charge < -0.3 is 9.47 Å². The number of halogens is 1. The molecule has 0 N–H and O–H groups in total. The molecule has 1 aromatic carbocycles. The molecule has 0 radical (unpaired) electrons. The third kappa shape index (κ3) is 0.968. The van der Waals surface area contributed by atoms with Gasteiger partial charge in [-0.15, -0.1) is 0 Å². The van der Waals surface area contributed by atoms with Gasteiger partial charge in [0.15, 0.2) is 0 Å². The molecular formula is C10H9FO2. The van der Waals surface area contributed by atoms with E-state index in [4.69, 9.17) is 9.47 Å². The first-order valence-corrected chi connectivity index (χ1v) is 4.42. The Balaban J connectivity index is 2.08. The fraction of sp³-hybridized carbons (Fsp3) is 0.400. The van der Waals surface area contributed by atoms with Crippen LogP contribution in [0.4, 0.5) is 4.39 Å². The number of ether oxygens (including phenoxy) is 2. The van der Waals surface area contributed by atoms with Gasteiger partial charge in [0, 0.05) is 11.6 Å². The summed E-state index contributed by atoms with van der Waals surface area (Å²) in [6.45, 7) is 0.742. The second-order valence-corrected chi connectivity index (χ2v) is 3.43. The Morgan fingerprint density at radius 2 is 2.31 bits per heavy atom. The van der Waals surface area contributed by atoms with Crippen LogP contribution < -0.4 is 4.74 Å². The molecule has 68 valence electrons. The van der Waals surface area contributed by atoms with Crippen LogP contribution in [0.5, 0.6) is 5.75 Å². The summed E-state index contributed by atoms with van der Waals surface area (Å²) in [6.07, 6.45) is 0.806. The molecule has 2 nitrogen and oxygen atoms in total. The van der Waals surface area contributed by atoms with Crippen molar-refractivity contribution in [2.75, 3.05) is 6.61 Å². The topological polar surface area (TPSA) is 18.5 Å². The lowest BCUT2D eigenvalue weighted by Crippen LogP contribution is -2.13. The van der Waals surface area contributed by atoms with Crippen LogP contribution in [-0.2, 0) is 4.74 Å². The van der Waals surface area contributed by atoms with Crippen LogP contribution in [0.15, 0.2) is 18.2 Å². The molecule has 0 unspecified atom stereocenters. The van der Waals surface area contributed by atoms with E-state index in [0.29, 0.717) is 11.7 Å². The third-order valence-corrected chi connectivity index (χ3v) is 2.66. The van der Waals surface area contributed by atoms with Crippen molar-refractivity contribution in [1.82, 2.24) is 0 Å². The molecule has 2 heterocycles. The zero-order chi connectivity index (χ0) is 8.84. The van der Waals surface area contributed by atoms with Crippen molar-refractivity contribution >= 4 is 0 Å². The van der Waals surface area contributed by atoms with Gasteiger partial charge in [0.2, 0.25) is 6.29 Å². The summed E-state index contributed by atoms with van der Waals surface area (Å²) in [5, 5.41) is 0. The van der Waals surface area contributed by atoms with Crippen molar-refractivity contribution in [3.05, 3.63) is 29.6 Å². The van der Waals surface area contributed by atoms with Crippen LogP contribution in [0.1, 0.15) is 17.9 Å². The smallest absolute Gasteiger partial charge is 0.206 e. The zero-order valence-electron chi connectivity index (χ0n) is 7.00. The fourth-order valence-corrected chi connectivity index (χ4v) is 2.02. The molecule has 3 heteroatoms. The summed E-state index contributed by atoms with van der Waals surface area (Å²) >= 11 is 0. The van der Waals surface area contributed by atoms with E-state index >= 15 is 0 Å². The van der Waals surface area contributed by atoms with Gasteiger partial charge in [-0.2, -0.15) is 0 Å². The highest BCUT2D eigenvalue weighted by Gasteiger charge is 2.39. The van der Waals surface area contributed by atoms with E-state index in [1.54, 1.807) is 6.07 Å². The SMILES string of the molecule is Fc1ccc2c(c1)O[C@H]1OCC[C@@H]21. The Labute approximate surface area is 75.3 Å². The summed E-state index contributed by atoms with van der Waals surface area (Å²) in [5.74, 6) is 0.712. The molecule has 2 atom stereocenters. The molecule has 1 fully saturated rings. The van der Waals surface area contributed by atoms with Crippen molar-refractivity contribution in [1.29, 1.82) is 0 Å². The Bertz CT molecular complexity index is 351. The van der Waals surface area contributed by atoms with Crippen LogP contribution in [0.25, 0.3) is 0 Å². The highest BCUT2D eigenvalue weighted by molar-refractivity contribution is 5.41. The number of hydrogen-bond donors (Lipinski definition) is 0. The van der Waals surface area contributed by atoms with Crippen molar-refractivity contribution in [2.45, 2.75) is 18.6 Å². The Hall–Kier alpha value is -1.09. The van der Waals surface area contributed by atoms with E-state index in [0.717, 1.165) is 18.6 Å². The largest absolute Gasteiger partial charge is 0.464 e. The molecular weight excluding hydrogens is 171 g/mol. The van der Waals surface area contributed by atoms with E-state index in [9.17, 15) is 4.39 Å². The van der Waals surface area contributed by atoms with Gasteiger partial charge in [-0.3, -0.25) is 0 Å². The van der Waals surface area contributed by atoms with Gasteiger partial charge in [-0.05, 0) is 12.5 Å². The summed E-state index contributed by atoms with van der Waals surface area (Å²) in [5.41, 5.74) is 1.09. The highest BCUT2D eigenvalue weighted by Crippen LogP contribution is 2.43. The monoisotopic (exact) mass is 180 g/mol. The lowest BCUT2D eigenvalue weighted by Gasteiger charge is -2.06. The number of benzene rings is 1. The van der Waals surface area contributed by atoms with E-state index in [-0.39, 0.29) is 12.1 Å². The lowest BCUT2D eigenvalue weighted by atomic mass is 9.99. The van der Waals surface area contributed by atoms with E-state index in [1.807, 2.05) is 0 Å². The molecule has 13 heavy (non-hydrogen) atoms. The normalized spacial score (nSPS) is 29.6. The zero-order valence-corrected chi connectivity index (χ0v) is 7.00. The summed E-state index contributed by atoms with van der Waals surface area (Å²) < 4.78 is 23.6. The van der Waals surface area contributed by atoms with Gasteiger partial charge in [-0.25, -0.2) is 4.39 Å². The van der Waals surface area contributed by atoms with E-state index < -0.39 is 0 Å². The first-order chi connectivity index (χ1) is 6.34. The fourth-order valence-electron chi connectivity index (χ4n) is 2.02. The van der Waals surface area contributed by atoms with Gasteiger partial charge in [0.05, 0.1) is 12.5 Å². The van der Waals surface area contributed by atoms with Crippen molar-refractivity contribution < 1.29 is 13.9 Å². The average Bonchev–Trinajstić information content (AvgIpc) is 2.62. The van der Waals surface area contributed by atoms with Gasteiger partial charge >= 0.3 is 0 Å². The second kappa shape index (κ2) is 2.45. The molecule has 0 aromatic heterocycles. The summed E-state index contributed by atoms with van der Waals surface area (Å²) in [6, 6.07) is 4.70. The Morgan fingerprint density at radius 3 is 3.23 bits per heavy atom. The minimum absolute atomic E-state index is 0.170. The molecule has 1 aromatic rings. The molecule has 0 bridgehead atoms. The van der Waals surface area contributed by atoms with Gasteiger partial charge in [0.25, 0.3) is 0 Å². The number of rotatable bonds is 0. The molecule has 0 aliphatic carbocycles. The van der Waals surface area contributed by atoms with E-state index in [1.165, 1.54) is 12.1 Å². The highest BCUT2D eigenvalue weighted by atomic mass is 19.1. The van der Waals surface area contributed by atoms with E-state index in [2.05, 4.69) is 0 Å². The first kappa shape index (κ1) is 7.33. The standard InChI is InChI=1S/C10H9FO2/c11-6-1-2-7-8-3-4-12-10(8)13-9(7)5-6/h1-2,5,8,10H,3-4H2/t8-,10+/m0/s1. The quantitative estimate of drug-likeness (QED) is 0.608. The average molecular weight is 180 g/mol. The minimum Gasteiger partial charge on any atom is -0.464 e. The van der Waals surface area contributed by atoms with Gasteiger partial charge in [0.1, 0.15) is 11.6 Å². The van der Waals surface area contributed by atoms with Crippen LogP contribution in [0.2, 0.25) is 0 Å². The van der Waals surface area contributed by atoms with Crippen LogP contribution in [0, 0.1) is 5.82 Å². The Kier molecular flexibility index (Phi) is 1.38. The predicted molar refractivity (Wildman–Crippen MR) is 44.1 cm³/mol. The Morgan fingerprint density at radius 1 is 1.38 bits per heavy atom. The molecule has 0 amide bonds. The second-order valence-electron chi connectivity index (χ2n) is 3.43. The van der Waals surface area contributed by atoms with Crippen LogP contribution in [0.3, 0.4) is 0 Å². The van der Waals surface area contributed by atoms with Gasteiger partial charge in [-0.1, -0.05) is 6.07 Å². The summed E-state index contributed by atoms with van der Waals surface area (Å²) in [7, 11) is 0. The molecule has 2 aliphatic rings. The maximum absolute atomic E-state index is 12.8. The van der Waals surface area contributed by atoms with Crippen LogP contribution in [-0.4, -0.2) is 12.9 Å². The number of fused-ring (bicyclic) bond motifs is 3. The maximum Gasteiger partial charge on any atom is 0.206 e. The molecule has 0 spiro atoms. The van der Waals surface area contributed by atoms with Crippen molar-refractivity contribution in [3.63, 3.8) is 0 Å². The van der Waals surface area contributed by atoms with Crippen molar-refractivity contribution in [2.24, 2.45) is 0 Å². The minimum atomic E-state index is -0.251. The lowest BCUT2D eigenvalue weighted by molar-refractivity contribution is -0.0338. The molecule has 0 saturated carbocycles. The molecule has 1 saturated heterocycles. The molecule has 2 aliphatic heterocycles. The predicted octanol–water partition coefficient (Wildman–Crippen LogP) is 2.05. The summed E-state index contributed by atoms with van der Waals surface area (Å²) in [4.78, 5) is 0. The van der Waals surface area contributed by atoms with Crippen molar-refractivity contribution in [3.8, 4) is 5.75 Å². The third-order valence-electron chi connectivity index (χ3n) is 2.66. The van der Waals surface area contributed by atoms with Crippen LogP contribution >= 0.6 is 0 Å². The molecule has 3 rings (SSSR count).